The van der Waals surface area contributed by atoms with Crippen molar-refractivity contribution in [1.82, 2.24) is 9.97 Å². The van der Waals surface area contributed by atoms with Crippen molar-refractivity contribution in [2.45, 2.75) is 0 Å². The summed E-state index contributed by atoms with van der Waals surface area (Å²) in [6.45, 7) is 0. The molecule has 0 spiro atoms. The predicted octanol–water partition coefficient (Wildman–Crippen LogP) is 10.4. The van der Waals surface area contributed by atoms with E-state index in [0.717, 1.165) is 19.6 Å². The van der Waals surface area contributed by atoms with Crippen molar-refractivity contribution in [3.05, 3.63) is 109 Å². The molecule has 0 saturated carbocycles. The number of halogens is 2. The van der Waals surface area contributed by atoms with Crippen LogP contribution in [0, 0.1) is 11.6 Å². The van der Waals surface area contributed by atoms with Crippen LogP contribution in [0.1, 0.15) is 0 Å². The van der Waals surface area contributed by atoms with E-state index in [-0.39, 0.29) is 40.6 Å². The van der Waals surface area contributed by atoms with E-state index in [1.807, 2.05) is 71.2 Å². The Balaban J connectivity index is 1.10. The molecule has 0 amide bonds. The zero-order valence-electron chi connectivity index (χ0n) is 22.5. The van der Waals surface area contributed by atoms with Crippen LogP contribution in [0.3, 0.4) is 0 Å². The average Bonchev–Trinajstić information content (AvgIpc) is 3.81. The maximum atomic E-state index is 15.5. The van der Waals surface area contributed by atoms with Crippen molar-refractivity contribution in [3.63, 3.8) is 0 Å². The van der Waals surface area contributed by atoms with Crippen LogP contribution in [-0.4, -0.2) is 39.0 Å². The molecule has 8 heteroatoms. The van der Waals surface area contributed by atoms with Gasteiger partial charge in [0.1, 0.15) is 0 Å². The third-order valence-corrected chi connectivity index (χ3v) is 15.4. The minimum absolute atomic E-state index is 0.0261. The van der Waals surface area contributed by atoms with E-state index in [0.29, 0.717) is 22.2 Å². The molecule has 0 unspecified atom stereocenters. The number of aromatic nitrogens is 2. The summed E-state index contributed by atoms with van der Waals surface area (Å²) >= 11 is 3.60. The number of hydrogen-bond donors (Lipinski definition) is 0. The zero-order valence-corrected chi connectivity index (χ0v) is 27.6. The molecule has 0 aliphatic heterocycles. The first-order chi connectivity index (χ1) is 21.6. The van der Waals surface area contributed by atoms with Gasteiger partial charge in [-0.15, -0.1) is 0 Å². The van der Waals surface area contributed by atoms with Crippen LogP contribution in [-0.2, 0) is 0 Å². The first-order valence-electron chi connectivity index (χ1n) is 13.9. The summed E-state index contributed by atoms with van der Waals surface area (Å²) in [6.07, 6.45) is 3.55. The molecule has 44 heavy (non-hydrogen) atoms. The maximum absolute atomic E-state index is 15.5. The van der Waals surface area contributed by atoms with Crippen molar-refractivity contribution in [1.29, 1.82) is 0 Å². The summed E-state index contributed by atoms with van der Waals surface area (Å²) < 4.78 is 40.6. The Morgan fingerprint density at radius 2 is 0.955 bits per heavy atom. The molecular formula is C36H16F2N2S2Se2. The molecule has 2 nitrogen and oxygen atoms in total. The Kier molecular flexibility index (Phi) is 5.45. The summed E-state index contributed by atoms with van der Waals surface area (Å²) in [5, 5.41) is 7.77. The SMILES string of the molecule is Fc1c(-c2cc3cc4sc5c6cc7[se]c(-c8ncc9ccccc9c8F)cc7cc6sc5c4cc3[se]2)ncc2ccccc12. The summed E-state index contributed by atoms with van der Waals surface area (Å²) in [5.41, 5.74) is 0.940. The fourth-order valence-corrected chi connectivity index (χ4v) is 13.4. The van der Waals surface area contributed by atoms with Crippen molar-refractivity contribution in [3.8, 4) is 20.3 Å². The van der Waals surface area contributed by atoms with E-state index < -0.39 is 0 Å². The molecule has 0 saturated heterocycles. The Bertz CT molecular complexity index is 2630. The molecule has 6 heterocycles. The Morgan fingerprint density at radius 3 is 1.43 bits per heavy atom. The van der Waals surface area contributed by atoms with Crippen molar-refractivity contribution < 1.29 is 8.78 Å². The zero-order chi connectivity index (χ0) is 29.1. The van der Waals surface area contributed by atoms with Crippen molar-refractivity contribution in [2.24, 2.45) is 0 Å². The van der Waals surface area contributed by atoms with Gasteiger partial charge in [0.15, 0.2) is 0 Å². The second-order valence-corrected chi connectivity index (χ2v) is 17.5. The van der Waals surface area contributed by atoms with Gasteiger partial charge in [0.25, 0.3) is 0 Å². The van der Waals surface area contributed by atoms with Gasteiger partial charge in [-0.3, -0.25) is 0 Å². The predicted molar refractivity (Wildman–Crippen MR) is 185 cm³/mol. The second kappa shape index (κ2) is 9.38. The van der Waals surface area contributed by atoms with Gasteiger partial charge in [-0.1, -0.05) is 0 Å². The van der Waals surface area contributed by atoms with Crippen LogP contribution in [0.4, 0.5) is 8.78 Å². The van der Waals surface area contributed by atoms with Crippen LogP contribution < -0.4 is 0 Å². The second-order valence-electron chi connectivity index (χ2n) is 10.9. The molecule has 0 radical (unpaired) electrons. The van der Waals surface area contributed by atoms with Crippen molar-refractivity contribution >= 4 is 122 Å². The Morgan fingerprint density at radius 1 is 0.500 bits per heavy atom. The molecule has 6 aromatic heterocycles. The minimum atomic E-state index is -0.233. The van der Waals surface area contributed by atoms with Crippen molar-refractivity contribution in [2.75, 3.05) is 0 Å². The molecule has 0 fully saturated rings. The van der Waals surface area contributed by atoms with Gasteiger partial charge in [0.2, 0.25) is 0 Å². The van der Waals surface area contributed by atoms with E-state index in [9.17, 15) is 0 Å². The molecule has 0 aliphatic carbocycles. The molecule has 0 bridgehead atoms. The average molecular weight is 737 g/mol. The normalized spacial score (nSPS) is 12.3. The van der Waals surface area contributed by atoms with Gasteiger partial charge in [-0.2, -0.15) is 0 Å². The molecule has 10 rings (SSSR count). The summed E-state index contributed by atoms with van der Waals surface area (Å²) in [6, 6.07) is 28.5. The number of pyridine rings is 2. The molecular weight excluding hydrogens is 720 g/mol. The summed E-state index contributed by atoms with van der Waals surface area (Å²) in [4.78, 5) is 9.06. The number of benzene rings is 4. The number of rotatable bonds is 2. The van der Waals surface area contributed by atoms with Gasteiger partial charge in [-0.05, 0) is 0 Å². The first kappa shape index (κ1) is 25.6. The third-order valence-electron chi connectivity index (χ3n) is 8.30. The quantitative estimate of drug-likeness (QED) is 0.165. The monoisotopic (exact) mass is 738 g/mol. The van der Waals surface area contributed by atoms with E-state index in [4.69, 9.17) is 0 Å². The van der Waals surface area contributed by atoms with E-state index in [2.05, 4.69) is 46.4 Å². The topological polar surface area (TPSA) is 25.8 Å². The van der Waals surface area contributed by atoms with Crippen LogP contribution in [0.5, 0.6) is 0 Å². The standard InChI is InChI=1S/C36H16F2N2S2Se2/c37-31-21-7-3-1-5-17(21)15-39-33(31)29-11-19-9-25-23(13-27(19)43-29)35-36(41-25)24-14-28-20(10-26(24)42-35)12-30(44-28)34-32(38)22-8-4-2-6-18(22)16-40-34/h1-16H. The van der Waals surface area contributed by atoms with Crippen LogP contribution >= 0.6 is 22.7 Å². The number of hydrogen-bond acceptors (Lipinski definition) is 4. The molecule has 0 N–H and O–H groups in total. The van der Waals surface area contributed by atoms with E-state index in [1.54, 1.807) is 12.4 Å². The van der Waals surface area contributed by atoms with Gasteiger partial charge in [-0.25, -0.2) is 0 Å². The van der Waals surface area contributed by atoms with Gasteiger partial charge < -0.3 is 0 Å². The molecule has 10 aromatic rings. The number of nitrogens with zero attached hydrogens (tertiary/aromatic N) is 2. The van der Waals surface area contributed by atoms with Crippen LogP contribution in [0.2, 0.25) is 0 Å². The van der Waals surface area contributed by atoms with Crippen LogP contribution in [0.25, 0.3) is 90.7 Å². The summed E-state index contributed by atoms with van der Waals surface area (Å²) in [5.74, 6) is -0.465. The van der Waals surface area contributed by atoms with Gasteiger partial charge in [0, 0.05) is 0 Å². The van der Waals surface area contributed by atoms with Crippen LogP contribution in [0.15, 0.2) is 97.3 Å². The first-order valence-corrected chi connectivity index (χ1v) is 19.0. The fraction of sp³-hybridized carbons (Fsp3) is 0. The number of fused-ring (bicyclic) bond motifs is 9. The fourth-order valence-electron chi connectivity index (χ4n) is 6.16. The molecule has 4 aromatic carbocycles. The summed E-state index contributed by atoms with van der Waals surface area (Å²) in [7, 11) is 0. The van der Waals surface area contributed by atoms with Gasteiger partial charge >= 0.3 is 270 Å². The van der Waals surface area contributed by atoms with Gasteiger partial charge in [0.05, 0.1) is 0 Å². The Labute approximate surface area is 268 Å². The molecule has 0 atom stereocenters. The van der Waals surface area contributed by atoms with E-state index in [1.165, 1.54) is 48.9 Å². The van der Waals surface area contributed by atoms with E-state index >= 15 is 8.78 Å². The Hall–Kier alpha value is -3.74. The number of thiophene rings is 2. The molecule has 0 aliphatic rings. The molecule has 208 valence electrons. The third kappa shape index (κ3) is 3.67.